The molecule has 0 unspecified atom stereocenters. The molecule has 3 aromatic rings. The smallest absolute Gasteiger partial charge is 0.489 e. The van der Waals surface area contributed by atoms with E-state index in [1.54, 1.807) is 56.7 Å². The Labute approximate surface area is 249 Å². The number of ether oxygens (including phenoxy) is 2. The summed E-state index contributed by atoms with van der Waals surface area (Å²) in [6.45, 7) is -0.251. The number of carbonyl (C=O) groups excluding carboxylic acids is 3. The van der Waals surface area contributed by atoms with E-state index in [4.69, 9.17) is 4.74 Å². The minimum atomic E-state index is -5.35. The summed E-state index contributed by atoms with van der Waals surface area (Å²) in [4.78, 5) is 39.8. The molecule has 230 valence electrons. The number of halogens is 5. The van der Waals surface area contributed by atoms with Gasteiger partial charge in [-0.3, -0.25) is 4.79 Å². The minimum Gasteiger partial charge on any atom is -0.489 e. The molecular formula is C30H29F5N2O5S. The van der Waals surface area contributed by atoms with Crippen LogP contribution in [0.4, 0.5) is 22.0 Å². The molecule has 0 aromatic heterocycles. The van der Waals surface area contributed by atoms with Gasteiger partial charge in [0.05, 0.1) is 0 Å². The Kier molecular flexibility index (Phi) is 11.7. The second-order valence-corrected chi connectivity index (χ2v) is 10.5. The summed E-state index contributed by atoms with van der Waals surface area (Å²) in [6.07, 6.45) is -3.18. The monoisotopic (exact) mass is 624 g/mol. The third kappa shape index (κ3) is 9.79. The van der Waals surface area contributed by atoms with Crippen molar-refractivity contribution >= 4 is 29.6 Å². The SMILES string of the molecule is CSc1cc(F)c(F)cc1-c1ccc(OCc2cccc(C(=O)N(CCCN(C)C)CC(=O)OC(=O)C(F)(F)F)c2)cc1. The Bertz CT molecular complexity index is 1450. The highest BCUT2D eigenvalue weighted by atomic mass is 32.2. The van der Waals surface area contributed by atoms with Crippen LogP contribution in [-0.4, -0.2) is 73.8 Å². The molecule has 1 amide bonds. The molecule has 0 bridgehead atoms. The second kappa shape index (κ2) is 15.0. The Morgan fingerprint density at radius 3 is 2.21 bits per heavy atom. The van der Waals surface area contributed by atoms with Gasteiger partial charge in [-0.2, -0.15) is 13.2 Å². The molecule has 43 heavy (non-hydrogen) atoms. The van der Waals surface area contributed by atoms with Crippen LogP contribution < -0.4 is 4.74 Å². The minimum absolute atomic E-state index is 0.0234. The quantitative estimate of drug-likeness (QED) is 0.107. The van der Waals surface area contributed by atoms with E-state index in [1.807, 2.05) is 4.90 Å². The first-order valence-electron chi connectivity index (χ1n) is 12.9. The van der Waals surface area contributed by atoms with Gasteiger partial charge in [0.15, 0.2) is 11.6 Å². The van der Waals surface area contributed by atoms with E-state index < -0.39 is 42.2 Å². The molecule has 0 aliphatic rings. The van der Waals surface area contributed by atoms with E-state index >= 15 is 0 Å². The maximum absolute atomic E-state index is 13.8. The van der Waals surface area contributed by atoms with Crippen LogP contribution in [0.5, 0.6) is 5.75 Å². The van der Waals surface area contributed by atoms with Crippen molar-refractivity contribution in [2.75, 3.05) is 40.0 Å². The molecule has 0 fully saturated rings. The standard InChI is InChI=1S/C30H29F5N2O5S/c1-36(2)12-5-13-37(17-27(38)42-29(40)30(33,34)35)28(39)21-7-4-6-19(14-21)18-41-22-10-8-20(9-11-22)23-15-24(31)25(32)16-26(23)43-3/h4,6-11,14-16H,5,12-13,17-18H2,1-3H3. The van der Waals surface area contributed by atoms with Gasteiger partial charge >= 0.3 is 18.1 Å². The Hall–Kier alpha value is -3.97. The van der Waals surface area contributed by atoms with Crippen molar-refractivity contribution in [2.24, 2.45) is 0 Å². The Morgan fingerprint density at radius 2 is 1.58 bits per heavy atom. The molecule has 3 rings (SSSR count). The maximum Gasteiger partial charge on any atom is 0.491 e. The average molecular weight is 625 g/mol. The lowest BCUT2D eigenvalue weighted by atomic mass is 10.1. The zero-order valence-electron chi connectivity index (χ0n) is 23.5. The fourth-order valence-electron chi connectivity index (χ4n) is 3.98. The van der Waals surface area contributed by atoms with E-state index in [9.17, 15) is 36.3 Å². The van der Waals surface area contributed by atoms with Gasteiger partial charge in [0.2, 0.25) is 0 Å². The number of alkyl halides is 3. The molecule has 7 nitrogen and oxygen atoms in total. The van der Waals surface area contributed by atoms with Crippen LogP contribution in [0.2, 0.25) is 0 Å². The summed E-state index contributed by atoms with van der Waals surface area (Å²) in [5, 5.41) is 0. The summed E-state index contributed by atoms with van der Waals surface area (Å²) in [5.74, 6) is -6.21. The predicted molar refractivity (Wildman–Crippen MR) is 151 cm³/mol. The van der Waals surface area contributed by atoms with Gasteiger partial charge in [0.25, 0.3) is 5.91 Å². The summed E-state index contributed by atoms with van der Waals surface area (Å²) in [7, 11) is 3.59. The number of nitrogens with zero attached hydrogens (tertiary/aromatic N) is 2. The molecular weight excluding hydrogens is 595 g/mol. The van der Waals surface area contributed by atoms with Crippen LogP contribution in [-0.2, 0) is 20.9 Å². The van der Waals surface area contributed by atoms with E-state index in [-0.39, 0.29) is 18.7 Å². The molecule has 3 aromatic carbocycles. The number of hydrogen-bond donors (Lipinski definition) is 0. The van der Waals surface area contributed by atoms with Crippen molar-refractivity contribution in [2.45, 2.75) is 24.1 Å². The highest BCUT2D eigenvalue weighted by Gasteiger charge is 2.42. The number of esters is 2. The zero-order valence-corrected chi connectivity index (χ0v) is 24.4. The molecule has 13 heteroatoms. The molecule has 0 aliphatic carbocycles. The Balaban J connectivity index is 1.70. The molecule has 0 saturated heterocycles. The van der Waals surface area contributed by atoms with Gasteiger partial charge in [-0.05, 0) is 86.4 Å². The lowest BCUT2D eigenvalue weighted by molar-refractivity contribution is -0.202. The lowest BCUT2D eigenvalue weighted by Crippen LogP contribution is -2.40. The molecule has 0 saturated carbocycles. The van der Waals surface area contributed by atoms with E-state index in [2.05, 4.69) is 4.74 Å². The first kappa shape index (κ1) is 33.5. The van der Waals surface area contributed by atoms with Gasteiger partial charge in [-0.15, -0.1) is 11.8 Å². The van der Waals surface area contributed by atoms with Crippen LogP contribution in [0, 0.1) is 11.6 Å². The van der Waals surface area contributed by atoms with Crippen molar-refractivity contribution in [3.63, 3.8) is 0 Å². The first-order valence-corrected chi connectivity index (χ1v) is 14.1. The lowest BCUT2D eigenvalue weighted by Gasteiger charge is -2.23. The molecule has 0 heterocycles. The highest BCUT2D eigenvalue weighted by Crippen LogP contribution is 2.33. The van der Waals surface area contributed by atoms with Crippen LogP contribution >= 0.6 is 11.8 Å². The van der Waals surface area contributed by atoms with Crippen molar-refractivity contribution in [3.05, 3.63) is 83.4 Å². The number of amides is 1. The molecule has 0 radical (unpaired) electrons. The third-order valence-corrected chi connectivity index (χ3v) is 6.84. The maximum atomic E-state index is 13.8. The second-order valence-electron chi connectivity index (χ2n) is 9.62. The van der Waals surface area contributed by atoms with E-state index in [0.29, 0.717) is 40.3 Å². The van der Waals surface area contributed by atoms with Crippen LogP contribution in [0.25, 0.3) is 11.1 Å². The van der Waals surface area contributed by atoms with Crippen LogP contribution in [0.15, 0.2) is 65.6 Å². The van der Waals surface area contributed by atoms with Gasteiger partial charge in [-0.25, -0.2) is 18.4 Å². The number of carbonyl (C=O) groups is 3. The van der Waals surface area contributed by atoms with Crippen LogP contribution in [0.1, 0.15) is 22.3 Å². The predicted octanol–water partition coefficient (Wildman–Crippen LogP) is 5.96. The highest BCUT2D eigenvalue weighted by molar-refractivity contribution is 7.98. The number of benzene rings is 3. The largest absolute Gasteiger partial charge is 0.491 e. The van der Waals surface area contributed by atoms with Crippen molar-refractivity contribution < 1.29 is 45.8 Å². The summed E-state index contributed by atoms with van der Waals surface area (Å²) < 4.78 is 74.7. The van der Waals surface area contributed by atoms with Crippen molar-refractivity contribution in [3.8, 4) is 16.9 Å². The van der Waals surface area contributed by atoms with Crippen LogP contribution in [0.3, 0.4) is 0 Å². The Morgan fingerprint density at radius 1 is 0.907 bits per heavy atom. The number of rotatable bonds is 12. The molecule has 0 atom stereocenters. The summed E-state index contributed by atoms with van der Waals surface area (Å²) in [5.41, 5.74) is 1.93. The van der Waals surface area contributed by atoms with Gasteiger partial charge in [-0.1, -0.05) is 24.3 Å². The summed E-state index contributed by atoms with van der Waals surface area (Å²) >= 11 is 1.29. The van der Waals surface area contributed by atoms with E-state index in [1.165, 1.54) is 23.9 Å². The van der Waals surface area contributed by atoms with Crippen molar-refractivity contribution in [1.82, 2.24) is 9.80 Å². The molecule has 0 aliphatic heterocycles. The average Bonchev–Trinajstić information content (AvgIpc) is 2.96. The van der Waals surface area contributed by atoms with Gasteiger partial charge in [0.1, 0.15) is 18.9 Å². The fourth-order valence-corrected chi connectivity index (χ4v) is 4.59. The number of hydrogen-bond acceptors (Lipinski definition) is 7. The fraction of sp³-hybridized carbons (Fsp3) is 0.300. The summed E-state index contributed by atoms with van der Waals surface area (Å²) in [6, 6.07) is 15.3. The molecule has 0 N–H and O–H groups in total. The van der Waals surface area contributed by atoms with Gasteiger partial charge in [0, 0.05) is 17.0 Å². The number of thioether (sulfide) groups is 1. The van der Waals surface area contributed by atoms with Gasteiger partial charge < -0.3 is 19.3 Å². The van der Waals surface area contributed by atoms with Crippen molar-refractivity contribution in [1.29, 1.82) is 0 Å². The first-order chi connectivity index (χ1) is 20.3. The van der Waals surface area contributed by atoms with E-state index in [0.717, 1.165) is 17.0 Å². The third-order valence-electron chi connectivity index (χ3n) is 6.07. The zero-order chi connectivity index (χ0) is 31.7. The molecule has 0 spiro atoms. The normalized spacial score (nSPS) is 11.4. The topological polar surface area (TPSA) is 76.2 Å².